The van der Waals surface area contributed by atoms with E-state index in [0.29, 0.717) is 0 Å². The smallest absolute Gasteiger partial charge is 0.396 e. The molecule has 0 N–H and O–H groups in total. The summed E-state index contributed by atoms with van der Waals surface area (Å²) in [6, 6.07) is 0. The second-order valence-corrected chi connectivity index (χ2v) is 12.7. The largest absolute Gasteiger partial charge is 0.481 e. The molecule has 0 saturated carbocycles. The summed E-state index contributed by atoms with van der Waals surface area (Å²) in [7, 11) is -6.90. The Morgan fingerprint density at radius 3 is 1.53 bits per heavy atom. The zero-order valence-corrected chi connectivity index (χ0v) is 14.9. The van der Waals surface area contributed by atoms with Crippen LogP contribution in [0.5, 0.6) is 0 Å². The SMILES string of the molecule is CC(C)O[Si]1(C)O[SiH](C)O[Si](C)(OC(C)C)O1. The van der Waals surface area contributed by atoms with Crippen molar-refractivity contribution in [1.82, 2.24) is 0 Å². The quantitative estimate of drug-likeness (QED) is 0.741. The van der Waals surface area contributed by atoms with Gasteiger partial charge in [0.05, 0.1) is 0 Å². The first-order valence-electron chi connectivity index (χ1n) is 6.05. The molecule has 5 nitrogen and oxygen atoms in total. The molecule has 0 aromatic heterocycles. The molecule has 0 spiro atoms. The maximum absolute atomic E-state index is 5.98. The van der Waals surface area contributed by atoms with Crippen molar-refractivity contribution >= 4 is 26.9 Å². The molecule has 2 atom stereocenters. The summed E-state index contributed by atoms with van der Waals surface area (Å²) < 4.78 is 29.3. The van der Waals surface area contributed by atoms with E-state index in [1.54, 1.807) is 0 Å². The first-order valence-corrected chi connectivity index (χ1v) is 12.6. The van der Waals surface area contributed by atoms with Crippen molar-refractivity contribution in [2.45, 2.75) is 59.5 Å². The van der Waals surface area contributed by atoms with E-state index in [4.69, 9.17) is 21.2 Å². The molecule has 1 rings (SSSR count). The van der Waals surface area contributed by atoms with Crippen LogP contribution in [0.3, 0.4) is 0 Å². The van der Waals surface area contributed by atoms with Crippen LogP contribution < -0.4 is 0 Å². The molecule has 0 aromatic carbocycles. The van der Waals surface area contributed by atoms with Gasteiger partial charge in [-0.15, -0.1) is 0 Å². The Labute approximate surface area is 108 Å². The molecule has 1 aliphatic rings. The second kappa shape index (κ2) is 5.61. The Morgan fingerprint density at radius 1 is 0.882 bits per heavy atom. The molecule has 102 valence electrons. The van der Waals surface area contributed by atoms with Gasteiger partial charge in [0, 0.05) is 25.3 Å². The van der Waals surface area contributed by atoms with Crippen molar-refractivity contribution < 1.29 is 21.2 Å². The van der Waals surface area contributed by atoms with Gasteiger partial charge in [-0.1, -0.05) is 0 Å². The lowest BCUT2D eigenvalue weighted by Crippen LogP contribution is -2.65. The molecule has 2 unspecified atom stereocenters. The van der Waals surface area contributed by atoms with E-state index in [0.717, 1.165) is 0 Å². The standard InChI is InChI=1S/C9H24O5Si3/c1-8(2)10-16(6)12-15(5)13-17(7,14-16)11-9(3)4/h8-9,15H,1-7H3. The van der Waals surface area contributed by atoms with Gasteiger partial charge in [-0.05, 0) is 34.2 Å². The van der Waals surface area contributed by atoms with Crippen LogP contribution in [0.15, 0.2) is 0 Å². The fourth-order valence-corrected chi connectivity index (χ4v) is 13.9. The van der Waals surface area contributed by atoms with Gasteiger partial charge in [-0.25, -0.2) is 0 Å². The van der Waals surface area contributed by atoms with Gasteiger partial charge in [-0.2, -0.15) is 0 Å². The highest BCUT2D eigenvalue weighted by molar-refractivity contribution is 6.83. The Hall–Kier alpha value is 0.451. The van der Waals surface area contributed by atoms with Crippen molar-refractivity contribution in [3.05, 3.63) is 0 Å². The highest BCUT2D eigenvalue weighted by Crippen LogP contribution is 2.28. The predicted octanol–water partition coefficient (Wildman–Crippen LogP) is 1.89. The summed E-state index contributed by atoms with van der Waals surface area (Å²) in [5.41, 5.74) is 0. The number of rotatable bonds is 4. The molecule has 1 fully saturated rings. The summed E-state index contributed by atoms with van der Waals surface area (Å²) in [6.07, 6.45) is 0.173. The van der Waals surface area contributed by atoms with Gasteiger partial charge in [0.1, 0.15) is 0 Å². The molecular weight excluding hydrogens is 272 g/mol. The van der Waals surface area contributed by atoms with Crippen LogP contribution in [-0.4, -0.2) is 39.1 Å². The Morgan fingerprint density at radius 2 is 1.24 bits per heavy atom. The minimum absolute atomic E-state index is 0.0864. The van der Waals surface area contributed by atoms with Crippen molar-refractivity contribution in [3.8, 4) is 0 Å². The molecule has 1 aliphatic heterocycles. The molecule has 0 aromatic rings. The molecule has 0 amide bonds. The third-order valence-electron chi connectivity index (χ3n) is 2.03. The predicted molar refractivity (Wildman–Crippen MR) is 71.9 cm³/mol. The van der Waals surface area contributed by atoms with Gasteiger partial charge >= 0.3 is 26.9 Å². The van der Waals surface area contributed by atoms with Crippen LogP contribution >= 0.6 is 0 Å². The minimum atomic E-state index is -2.59. The lowest BCUT2D eigenvalue weighted by atomic mass is 10.5. The molecule has 8 heteroatoms. The first kappa shape index (κ1) is 15.5. The fraction of sp³-hybridized carbons (Fsp3) is 1.00. The van der Waals surface area contributed by atoms with Gasteiger partial charge in [-0.3, -0.25) is 0 Å². The van der Waals surface area contributed by atoms with E-state index in [2.05, 4.69) is 0 Å². The molecule has 0 aliphatic carbocycles. The molecule has 0 bridgehead atoms. The van der Waals surface area contributed by atoms with Crippen LogP contribution in [0, 0.1) is 0 Å². The van der Waals surface area contributed by atoms with E-state index < -0.39 is 26.9 Å². The van der Waals surface area contributed by atoms with Crippen molar-refractivity contribution in [2.75, 3.05) is 0 Å². The minimum Gasteiger partial charge on any atom is -0.396 e. The third kappa shape index (κ3) is 4.91. The Bertz CT molecular complexity index is 233. The molecule has 0 radical (unpaired) electrons. The molecule has 1 heterocycles. The average molecular weight is 297 g/mol. The van der Waals surface area contributed by atoms with Crippen LogP contribution in [0.2, 0.25) is 19.6 Å². The lowest BCUT2D eigenvalue weighted by molar-refractivity contribution is 0.0412. The van der Waals surface area contributed by atoms with Gasteiger partial charge < -0.3 is 21.2 Å². The van der Waals surface area contributed by atoms with E-state index in [9.17, 15) is 0 Å². The maximum Gasteiger partial charge on any atom is 0.481 e. The van der Waals surface area contributed by atoms with E-state index in [-0.39, 0.29) is 12.2 Å². The Kier molecular flexibility index (Phi) is 5.12. The fourth-order valence-electron chi connectivity index (χ4n) is 1.97. The number of hydrogen-bond acceptors (Lipinski definition) is 5. The van der Waals surface area contributed by atoms with E-state index in [1.165, 1.54) is 0 Å². The van der Waals surface area contributed by atoms with E-state index in [1.807, 2.05) is 47.3 Å². The van der Waals surface area contributed by atoms with E-state index >= 15 is 0 Å². The topological polar surface area (TPSA) is 46.2 Å². The van der Waals surface area contributed by atoms with Crippen LogP contribution in [0.25, 0.3) is 0 Å². The summed E-state index contributed by atoms with van der Waals surface area (Å²) in [5, 5.41) is 0. The normalized spacial score (nSPS) is 39.0. The number of hydrogen-bond donors (Lipinski definition) is 0. The first-order chi connectivity index (χ1) is 7.64. The molecular formula is C9H24O5Si3. The molecule has 17 heavy (non-hydrogen) atoms. The highest BCUT2D eigenvalue weighted by Gasteiger charge is 2.54. The zero-order valence-electron chi connectivity index (χ0n) is 11.8. The summed E-state index contributed by atoms with van der Waals surface area (Å²) in [4.78, 5) is 0. The summed E-state index contributed by atoms with van der Waals surface area (Å²) in [5.74, 6) is 0. The second-order valence-electron chi connectivity index (χ2n) is 4.96. The van der Waals surface area contributed by atoms with Gasteiger partial charge in [0.2, 0.25) is 0 Å². The van der Waals surface area contributed by atoms with Gasteiger partial charge in [0.15, 0.2) is 0 Å². The zero-order chi connectivity index (χ0) is 13.3. The van der Waals surface area contributed by atoms with Crippen LogP contribution in [0.4, 0.5) is 0 Å². The van der Waals surface area contributed by atoms with Crippen molar-refractivity contribution in [2.24, 2.45) is 0 Å². The van der Waals surface area contributed by atoms with Crippen molar-refractivity contribution in [3.63, 3.8) is 0 Å². The summed E-state index contributed by atoms with van der Waals surface area (Å²) >= 11 is 0. The van der Waals surface area contributed by atoms with Crippen molar-refractivity contribution in [1.29, 1.82) is 0 Å². The highest BCUT2D eigenvalue weighted by atomic mass is 28.5. The van der Waals surface area contributed by atoms with Gasteiger partial charge in [0.25, 0.3) is 0 Å². The van der Waals surface area contributed by atoms with Crippen LogP contribution in [-0.2, 0) is 21.2 Å². The lowest BCUT2D eigenvalue weighted by Gasteiger charge is -2.43. The maximum atomic E-state index is 5.98. The average Bonchev–Trinajstić information content (AvgIpc) is 1.92. The monoisotopic (exact) mass is 296 g/mol. The Balaban J connectivity index is 2.76. The molecule has 1 saturated heterocycles. The van der Waals surface area contributed by atoms with Crippen LogP contribution in [0.1, 0.15) is 27.7 Å². The third-order valence-corrected chi connectivity index (χ3v) is 12.9. The summed E-state index contributed by atoms with van der Waals surface area (Å²) in [6.45, 7) is 13.8.